The van der Waals surface area contributed by atoms with Crippen molar-refractivity contribution in [1.82, 2.24) is 19.1 Å². The lowest BCUT2D eigenvalue weighted by atomic mass is 10.0. The van der Waals surface area contributed by atoms with Crippen LogP contribution in [0, 0.1) is 0 Å². The number of rotatable bonds is 5. The molecule has 0 amide bonds. The fraction of sp³-hybridized carbons (Fsp3) is 0.0256. The van der Waals surface area contributed by atoms with Gasteiger partial charge in [0.25, 0.3) is 0 Å². The molecule has 0 N–H and O–H groups in total. The van der Waals surface area contributed by atoms with E-state index in [2.05, 4.69) is 100 Å². The minimum absolute atomic E-state index is 0.911. The Morgan fingerprint density at radius 2 is 1.29 bits per heavy atom. The van der Waals surface area contributed by atoms with E-state index >= 15 is 0 Å². The zero-order chi connectivity index (χ0) is 29.9. The minimum Gasteiger partial charge on any atom is -0.472 e. The Labute approximate surface area is 258 Å². The highest BCUT2D eigenvalue weighted by Crippen LogP contribution is 2.38. The first-order chi connectivity index (χ1) is 22.2. The van der Waals surface area contributed by atoms with E-state index < -0.39 is 0 Å². The minimum atomic E-state index is 0.911. The highest BCUT2D eigenvalue weighted by Gasteiger charge is 2.18. The number of para-hydroxylation sites is 1. The van der Waals surface area contributed by atoms with E-state index in [4.69, 9.17) is 13.8 Å². The number of aryl methyl sites for hydroxylation is 1. The molecule has 5 heterocycles. The number of hydrogen-bond acceptors (Lipinski definition) is 4. The molecule has 9 aromatic rings. The van der Waals surface area contributed by atoms with E-state index in [1.54, 1.807) is 25.1 Å². The molecular formula is C39H26N4O2. The summed E-state index contributed by atoms with van der Waals surface area (Å²) in [5, 5.41) is 2.38. The zero-order valence-electron chi connectivity index (χ0n) is 24.4. The Morgan fingerprint density at radius 3 is 2.09 bits per heavy atom. The van der Waals surface area contributed by atoms with Gasteiger partial charge < -0.3 is 18.0 Å². The smallest absolute Gasteiger partial charge is 0.140 e. The van der Waals surface area contributed by atoms with Gasteiger partial charge >= 0.3 is 0 Å². The quantitative estimate of drug-likeness (QED) is 0.203. The van der Waals surface area contributed by atoms with Crippen LogP contribution in [0.15, 0.2) is 149 Å². The number of pyridine rings is 1. The van der Waals surface area contributed by atoms with E-state index in [9.17, 15) is 0 Å². The summed E-state index contributed by atoms with van der Waals surface area (Å²) >= 11 is 0. The maximum atomic E-state index is 5.48. The second-order valence-electron chi connectivity index (χ2n) is 11.3. The van der Waals surface area contributed by atoms with E-state index in [-0.39, 0.29) is 0 Å². The molecule has 0 unspecified atom stereocenters. The monoisotopic (exact) mass is 582 g/mol. The molecule has 0 atom stereocenters. The number of benzene rings is 4. The first-order valence-electron chi connectivity index (χ1n) is 14.8. The lowest BCUT2D eigenvalue weighted by Crippen LogP contribution is -1.97. The van der Waals surface area contributed by atoms with Crippen molar-refractivity contribution >= 4 is 32.8 Å². The molecule has 0 saturated carbocycles. The van der Waals surface area contributed by atoms with E-state index in [1.165, 1.54) is 10.8 Å². The van der Waals surface area contributed by atoms with Crippen molar-refractivity contribution in [3.63, 3.8) is 0 Å². The van der Waals surface area contributed by atoms with Crippen LogP contribution in [0.4, 0.5) is 0 Å². The molecule has 0 fully saturated rings. The average Bonchev–Trinajstić information content (AvgIpc) is 3.91. The number of fused-ring (bicyclic) bond motifs is 4. The highest BCUT2D eigenvalue weighted by atomic mass is 16.3. The van der Waals surface area contributed by atoms with Crippen LogP contribution in [-0.4, -0.2) is 19.1 Å². The van der Waals surface area contributed by atoms with Crippen molar-refractivity contribution in [3.8, 4) is 50.6 Å². The van der Waals surface area contributed by atoms with Crippen LogP contribution in [0.5, 0.6) is 0 Å². The van der Waals surface area contributed by atoms with Crippen LogP contribution in [0.2, 0.25) is 0 Å². The van der Waals surface area contributed by atoms with Crippen molar-refractivity contribution < 1.29 is 8.83 Å². The summed E-state index contributed by atoms with van der Waals surface area (Å²) in [6, 6.07) is 38.2. The van der Waals surface area contributed by atoms with Gasteiger partial charge in [0.15, 0.2) is 0 Å². The summed E-state index contributed by atoms with van der Waals surface area (Å²) < 4.78 is 15.3. The van der Waals surface area contributed by atoms with Crippen LogP contribution in [0.3, 0.4) is 0 Å². The van der Waals surface area contributed by atoms with Gasteiger partial charge in [-0.05, 0) is 77.9 Å². The molecule has 4 aromatic carbocycles. The number of furan rings is 2. The summed E-state index contributed by atoms with van der Waals surface area (Å²) in [4.78, 5) is 9.76. The molecule has 0 bridgehead atoms. The Bertz CT molecular complexity index is 2480. The number of imidazole rings is 1. The standard InChI is InChI=1S/C39H26N4O2/c1-42-38-21-25(27-13-16-44-23-27)10-12-35(38)41-39(42)26-9-11-33-32-6-2-3-8-36(32)43(37(33)22-26)31-19-29(28-14-17-45-24-28)18-30(20-31)34-7-4-5-15-40-34/h2-24H,1H3. The zero-order valence-corrected chi connectivity index (χ0v) is 24.4. The lowest BCUT2D eigenvalue weighted by molar-refractivity contribution is 0.568. The first-order valence-corrected chi connectivity index (χ1v) is 14.8. The summed E-state index contributed by atoms with van der Waals surface area (Å²) in [6.07, 6.45) is 8.80. The molecular weight excluding hydrogens is 556 g/mol. The van der Waals surface area contributed by atoms with Crippen molar-refractivity contribution in [3.05, 3.63) is 140 Å². The van der Waals surface area contributed by atoms with Crippen LogP contribution in [-0.2, 0) is 7.05 Å². The molecule has 6 nitrogen and oxygen atoms in total. The van der Waals surface area contributed by atoms with Crippen molar-refractivity contribution in [2.75, 3.05) is 0 Å². The maximum absolute atomic E-state index is 5.48. The molecule has 5 aromatic heterocycles. The van der Waals surface area contributed by atoms with Crippen LogP contribution in [0.1, 0.15) is 0 Å². The molecule has 6 heteroatoms. The second kappa shape index (κ2) is 9.96. The van der Waals surface area contributed by atoms with E-state index in [0.29, 0.717) is 0 Å². The summed E-state index contributed by atoms with van der Waals surface area (Å²) in [7, 11) is 2.08. The first kappa shape index (κ1) is 25.4. The van der Waals surface area contributed by atoms with Gasteiger partial charge in [-0.15, -0.1) is 0 Å². The van der Waals surface area contributed by atoms with Crippen molar-refractivity contribution in [1.29, 1.82) is 0 Å². The molecule has 214 valence electrons. The Hall–Kier alpha value is -6.14. The topological polar surface area (TPSA) is 61.9 Å². The second-order valence-corrected chi connectivity index (χ2v) is 11.3. The molecule has 0 aliphatic heterocycles. The third kappa shape index (κ3) is 4.11. The van der Waals surface area contributed by atoms with Gasteiger partial charge in [0, 0.05) is 52.0 Å². The van der Waals surface area contributed by atoms with Crippen molar-refractivity contribution in [2.24, 2.45) is 7.05 Å². The highest BCUT2D eigenvalue weighted by molar-refractivity contribution is 6.10. The number of hydrogen-bond donors (Lipinski definition) is 0. The molecule has 0 aliphatic carbocycles. The normalized spacial score (nSPS) is 11.7. The Balaban J connectivity index is 1.28. The lowest BCUT2D eigenvalue weighted by Gasteiger charge is -2.13. The fourth-order valence-electron chi connectivity index (χ4n) is 6.46. The number of aromatic nitrogens is 4. The summed E-state index contributed by atoms with van der Waals surface area (Å²) in [6.45, 7) is 0. The average molecular weight is 583 g/mol. The van der Waals surface area contributed by atoms with Gasteiger partial charge in [-0.1, -0.05) is 42.5 Å². The molecule has 0 saturated heterocycles. The largest absolute Gasteiger partial charge is 0.472 e. The predicted molar refractivity (Wildman–Crippen MR) is 179 cm³/mol. The van der Waals surface area contributed by atoms with E-state index in [0.717, 1.165) is 72.7 Å². The molecule has 0 radical (unpaired) electrons. The van der Waals surface area contributed by atoms with Gasteiger partial charge in [0.2, 0.25) is 0 Å². The Morgan fingerprint density at radius 1 is 0.556 bits per heavy atom. The number of nitrogens with zero attached hydrogens (tertiary/aromatic N) is 4. The SMILES string of the molecule is Cn1c(-c2ccc3c4ccccc4n(-c4cc(-c5ccoc5)cc(-c5ccccn5)c4)c3c2)nc2ccc(-c3ccoc3)cc21. The van der Waals surface area contributed by atoms with Crippen LogP contribution in [0.25, 0.3) is 83.4 Å². The predicted octanol–water partition coefficient (Wildman–Crippen LogP) is 9.92. The third-order valence-electron chi connectivity index (χ3n) is 8.66. The van der Waals surface area contributed by atoms with Gasteiger partial charge in [-0.25, -0.2) is 4.98 Å². The van der Waals surface area contributed by atoms with Gasteiger partial charge in [-0.2, -0.15) is 0 Å². The van der Waals surface area contributed by atoms with Crippen molar-refractivity contribution in [2.45, 2.75) is 0 Å². The third-order valence-corrected chi connectivity index (χ3v) is 8.66. The van der Waals surface area contributed by atoms with Crippen LogP contribution >= 0.6 is 0 Å². The van der Waals surface area contributed by atoms with Gasteiger partial charge in [0.1, 0.15) is 5.82 Å². The molecule has 45 heavy (non-hydrogen) atoms. The van der Waals surface area contributed by atoms with Gasteiger partial charge in [0.05, 0.1) is 52.8 Å². The Kier molecular flexibility index (Phi) is 5.62. The van der Waals surface area contributed by atoms with Crippen LogP contribution < -0.4 is 0 Å². The molecule has 0 spiro atoms. The summed E-state index contributed by atoms with van der Waals surface area (Å²) in [5.41, 5.74) is 12.5. The fourth-order valence-corrected chi connectivity index (χ4v) is 6.46. The molecule has 0 aliphatic rings. The summed E-state index contributed by atoms with van der Waals surface area (Å²) in [5.74, 6) is 0.911. The molecule has 9 rings (SSSR count). The van der Waals surface area contributed by atoms with Gasteiger partial charge in [-0.3, -0.25) is 4.98 Å². The van der Waals surface area contributed by atoms with E-state index in [1.807, 2.05) is 36.5 Å². The maximum Gasteiger partial charge on any atom is 0.140 e.